The van der Waals surface area contributed by atoms with Crippen molar-refractivity contribution in [2.45, 2.75) is 25.8 Å². The van der Waals surface area contributed by atoms with Gasteiger partial charge in [-0.15, -0.1) is 0 Å². The van der Waals surface area contributed by atoms with Crippen molar-refractivity contribution in [2.75, 3.05) is 33.3 Å². The highest BCUT2D eigenvalue weighted by molar-refractivity contribution is 5.81. The number of rotatable bonds is 5. The molecule has 24 heavy (non-hydrogen) atoms. The van der Waals surface area contributed by atoms with E-state index < -0.39 is 0 Å². The number of carbonyl (C=O) groups is 2. The predicted molar refractivity (Wildman–Crippen MR) is 86.6 cm³/mol. The standard InChI is InChI=1S/C18H23FN2O3/c1-24-17(23)7-6-16(22)21-9-8-18(13-21)11-20(12-18)10-14-4-2-3-5-15(14)19/h2-5H,6-13H2,1H3. The molecule has 1 aromatic rings. The molecule has 5 nitrogen and oxygen atoms in total. The number of nitrogens with zero attached hydrogens (tertiary/aromatic N) is 2. The molecule has 0 atom stereocenters. The molecule has 1 amide bonds. The maximum absolute atomic E-state index is 13.7. The second-order valence-electron chi connectivity index (χ2n) is 6.88. The van der Waals surface area contributed by atoms with E-state index in [1.807, 2.05) is 17.0 Å². The van der Waals surface area contributed by atoms with E-state index in [1.165, 1.54) is 13.2 Å². The van der Waals surface area contributed by atoms with Crippen LogP contribution < -0.4 is 0 Å². The van der Waals surface area contributed by atoms with Gasteiger partial charge in [-0.05, 0) is 12.5 Å². The predicted octanol–water partition coefficient (Wildman–Crippen LogP) is 1.81. The second kappa shape index (κ2) is 6.89. The SMILES string of the molecule is COC(=O)CCC(=O)N1CCC2(CN(Cc3ccccc3F)C2)C1. The van der Waals surface area contributed by atoms with Crippen molar-refractivity contribution in [3.63, 3.8) is 0 Å². The number of hydrogen-bond acceptors (Lipinski definition) is 4. The summed E-state index contributed by atoms with van der Waals surface area (Å²) in [6.07, 6.45) is 1.32. The summed E-state index contributed by atoms with van der Waals surface area (Å²) in [5, 5.41) is 0. The molecule has 1 aromatic carbocycles. The molecule has 6 heteroatoms. The zero-order valence-corrected chi connectivity index (χ0v) is 14.0. The van der Waals surface area contributed by atoms with Crippen LogP contribution in [0.5, 0.6) is 0 Å². The Hall–Kier alpha value is -1.95. The molecule has 3 rings (SSSR count). The summed E-state index contributed by atoms with van der Waals surface area (Å²) in [6, 6.07) is 6.86. The third-order valence-electron chi connectivity index (χ3n) is 5.03. The average Bonchev–Trinajstić information content (AvgIpc) is 2.99. The smallest absolute Gasteiger partial charge is 0.306 e. The van der Waals surface area contributed by atoms with Crippen LogP contribution in [0.15, 0.2) is 24.3 Å². The van der Waals surface area contributed by atoms with Crippen molar-refractivity contribution in [1.29, 1.82) is 0 Å². The van der Waals surface area contributed by atoms with Gasteiger partial charge >= 0.3 is 5.97 Å². The number of amides is 1. The topological polar surface area (TPSA) is 49.9 Å². The highest BCUT2D eigenvalue weighted by atomic mass is 19.1. The van der Waals surface area contributed by atoms with E-state index in [0.29, 0.717) is 6.54 Å². The van der Waals surface area contributed by atoms with Gasteiger partial charge in [0.25, 0.3) is 0 Å². The number of benzene rings is 1. The van der Waals surface area contributed by atoms with Gasteiger partial charge in [0.05, 0.1) is 13.5 Å². The molecular formula is C18H23FN2O3. The summed E-state index contributed by atoms with van der Waals surface area (Å²) in [7, 11) is 1.33. The zero-order valence-electron chi connectivity index (χ0n) is 14.0. The quantitative estimate of drug-likeness (QED) is 0.771. The van der Waals surface area contributed by atoms with Gasteiger partial charge in [-0.1, -0.05) is 18.2 Å². The van der Waals surface area contributed by atoms with Crippen LogP contribution in [-0.2, 0) is 20.9 Å². The Morgan fingerprint density at radius 3 is 2.67 bits per heavy atom. The maximum Gasteiger partial charge on any atom is 0.306 e. The van der Waals surface area contributed by atoms with E-state index in [2.05, 4.69) is 9.64 Å². The number of carbonyl (C=O) groups excluding carboxylic acids is 2. The highest BCUT2D eigenvalue weighted by Crippen LogP contribution is 2.40. The van der Waals surface area contributed by atoms with Gasteiger partial charge in [0.2, 0.25) is 5.91 Å². The number of ether oxygens (including phenoxy) is 1. The number of halogens is 1. The lowest BCUT2D eigenvalue weighted by molar-refractivity contribution is -0.143. The molecule has 1 spiro atoms. The van der Waals surface area contributed by atoms with Crippen molar-refractivity contribution in [3.05, 3.63) is 35.6 Å². The monoisotopic (exact) mass is 334 g/mol. The number of esters is 1. The fourth-order valence-corrected chi connectivity index (χ4v) is 3.76. The van der Waals surface area contributed by atoms with Crippen molar-refractivity contribution < 1.29 is 18.7 Å². The van der Waals surface area contributed by atoms with Crippen LogP contribution in [0.2, 0.25) is 0 Å². The first kappa shape index (κ1) is 16.9. The van der Waals surface area contributed by atoms with Gasteiger partial charge in [0.1, 0.15) is 5.82 Å². The summed E-state index contributed by atoms with van der Waals surface area (Å²) < 4.78 is 18.3. The van der Waals surface area contributed by atoms with Crippen molar-refractivity contribution in [1.82, 2.24) is 9.80 Å². The van der Waals surface area contributed by atoms with Crippen LogP contribution in [0.25, 0.3) is 0 Å². The highest BCUT2D eigenvalue weighted by Gasteiger charge is 2.48. The minimum absolute atomic E-state index is 0.0184. The zero-order chi connectivity index (χ0) is 17.2. The van der Waals surface area contributed by atoms with E-state index in [-0.39, 0.29) is 36.0 Å². The van der Waals surface area contributed by atoms with E-state index in [9.17, 15) is 14.0 Å². The van der Waals surface area contributed by atoms with Gasteiger partial charge in [-0.2, -0.15) is 0 Å². The van der Waals surface area contributed by atoms with E-state index in [0.717, 1.165) is 38.2 Å². The molecule has 130 valence electrons. The molecule has 2 aliphatic heterocycles. The van der Waals surface area contributed by atoms with Crippen LogP contribution in [0, 0.1) is 11.2 Å². The Balaban J connectivity index is 1.46. The fourth-order valence-electron chi connectivity index (χ4n) is 3.76. The van der Waals surface area contributed by atoms with Crippen molar-refractivity contribution in [3.8, 4) is 0 Å². The first-order chi connectivity index (χ1) is 11.5. The lowest BCUT2D eigenvalue weighted by Crippen LogP contribution is -2.57. The summed E-state index contributed by atoms with van der Waals surface area (Å²) in [5.74, 6) is -0.494. The fraction of sp³-hybridized carbons (Fsp3) is 0.556. The van der Waals surface area contributed by atoms with Crippen LogP contribution >= 0.6 is 0 Å². The average molecular weight is 334 g/mol. The van der Waals surface area contributed by atoms with Crippen molar-refractivity contribution in [2.24, 2.45) is 5.41 Å². The molecule has 0 saturated carbocycles. The third kappa shape index (κ3) is 3.59. The molecule has 0 unspecified atom stereocenters. The first-order valence-electron chi connectivity index (χ1n) is 8.32. The summed E-state index contributed by atoms with van der Waals surface area (Å²) in [6.45, 7) is 3.88. The molecule has 2 saturated heterocycles. The second-order valence-corrected chi connectivity index (χ2v) is 6.88. The minimum atomic E-state index is -0.350. The molecule has 0 N–H and O–H groups in total. The molecule has 0 aliphatic carbocycles. The third-order valence-corrected chi connectivity index (χ3v) is 5.03. The molecule has 0 radical (unpaired) electrons. The van der Waals surface area contributed by atoms with E-state index in [4.69, 9.17) is 0 Å². The Bertz CT molecular complexity index is 628. The van der Waals surface area contributed by atoms with Crippen molar-refractivity contribution >= 4 is 11.9 Å². The molecule has 2 fully saturated rings. The largest absolute Gasteiger partial charge is 0.469 e. The van der Waals surface area contributed by atoms with Crippen LogP contribution in [0.1, 0.15) is 24.8 Å². The summed E-state index contributed by atoms with van der Waals surface area (Å²) >= 11 is 0. The van der Waals surface area contributed by atoms with Gasteiger partial charge < -0.3 is 9.64 Å². The van der Waals surface area contributed by atoms with E-state index >= 15 is 0 Å². The molecule has 0 aromatic heterocycles. The van der Waals surface area contributed by atoms with E-state index in [1.54, 1.807) is 6.07 Å². The summed E-state index contributed by atoms with van der Waals surface area (Å²) in [5.41, 5.74) is 0.864. The Morgan fingerprint density at radius 2 is 1.96 bits per heavy atom. The lowest BCUT2D eigenvalue weighted by atomic mass is 9.79. The molecule has 0 bridgehead atoms. The van der Waals surface area contributed by atoms with Crippen LogP contribution in [0.4, 0.5) is 4.39 Å². The number of hydrogen-bond donors (Lipinski definition) is 0. The minimum Gasteiger partial charge on any atom is -0.469 e. The Kier molecular flexibility index (Phi) is 4.85. The maximum atomic E-state index is 13.7. The van der Waals surface area contributed by atoms with Gasteiger partial charge in [0, 0.05) is 50.1 Å². The number of likely N-dealkylation sites (tertiary alicyclic amines) is 2. The van der Waals surface area contributed by atoms with Gasteiger partial charge in [0.15, 0.2) is 0 Å². The normalized spacial score (nSPS) is 19.3. The Labute approximate surface area is 141 Å². The molecule has 2 aliphatic rings. The molecular weight excluding hydrogens is 311 g/mol. The number of methoxy groups -OCH3 is 1. The summed E-state index contributed by atoms with van der Waals surface area (Å²) in [4.78, 5) is 27.4. The Morgan fingerprint density at radius 1 is 1.21 bits per heavy atom. The van der Waals surface area contributed by atoms with Crippen LogP contribution in [0.3, 0.4) is 0 Å². The molecule has 2 heterocycles. The lowest BCUT2D eigenvalue weighted by Gasteiger charge is -2.48. The first-order valence-corrected chi connectivity index (χ1v) is 8.32. The van der Waals surface area contributed by atoms with Gasteiger partial charge in [-0.25, -0.2) is 4.39 Å². The van der Waals surface area contributed by atoms with Gasteiger partial charge in [-0.3, -0.25) is 14.5 Å². The van der Waals surface area contributed by atoms with Crippen LogP contribution in [-0.4, -0.2) is 55.0 Å².